The number of thiazole rings is 1. The van der Waals surface area contributed by atoms with E-state index in [1.165, 1.54) is 17.6 Å². The maximum Gasteiger partial charge on any atom is 0.287 e. The Balaban J connectivity index is 1.35. The Kier molecular flexibility index (Phi) is 5.11. The van der Waals surface area contributed by atoms with Crippen molar-refractivity contribution in [1.82, 2.24) is 15.2 Å². The lowest BCUT2D eigenvalue weighted by Gasteiger charge is -2.32. The number of likely N-dealkylation sites (tertiary alicyclic amines) is 1. The summed E-state index contributed by atoms with van der Waals surface area (Å²) < 4.78 is 6.30. The van der Waals surface area contributed by atoms with E-state index in [1.807, 2.05) is 36.9 Å². The lowest BCUT2D eigenvalue weighted by atomic mass is 10.0. The van der Waals surface area contributed by atoms with Crippen molar-refractivity contribution in [2.24, 2.45) is 0 Å². The summed E-state index contributed by atoms with van der Waals surface area (Å²) in [5.41, 5.74) is 0.828. The van der Waals surface area contributed by atoms with E-state index in [0.29, 0.717) is 18.8 Å². The second-order valence-corrected chi connectivity index (χ2v) is 9.18. The first-order valence-electron chi connectivity index (χ1n) is 9.14. The van der Waals surface area contributed by atoms with Crippen molar-refractivity contribution >= 4 is 49.1 Å². The smallest absolute Gasteiger partial charge is 0.287 e. The van der Waals surface area contributed by atoms with E-state index >= 15 is 0 Å². The van der Waals surface area contributed by atoms with Crippen molar-refractivity contribution in [3.63, 3.8) is 0 Å². The SMILES string of the molecule is Cc1ccoc1C(=O)NC1CCN(C(=O)c2cc3sc(N(C)C)nc3s2)CC1. The third-order valence-electron chi connectivity index (χ3n) is 4.86. The first-order valence-corrected chi connectivity index (χ1v) is 10.8. The highest BCUT2D eigenvalue weighted by Gasteiger charge is 2.27. The number of carbonyl (C=O) groups is 2. The number of hydrogen-bond acceptors (Lipinski definition) is 7. The van der Waals surface area contributed by atoms with E-state index in [4.69, 9.17) is 4.42 Å². The summed E-state index contributed by atoms with van der Waals surface area (Å²) in [7, 11) is 3.93. The maximum atomic E-state index is 12.8. The first-order chi connectivity index (χ1) is 13.4. The molecule has 0 spiro atoms. The second-order valence-electron chi connectivity index (χ2n) is 7.14. The summed E-state index contributed by atoms with van der Waals surface area (Å²) >= 11 is 3.04. The molecule has 0 atom stereocenters. The quantitative estimate of drug-likeness (QED) is 0.703. The van der Waals surface area contributed by atoms with Crippen LogP contribution in [0.15, 0.2) is 22.8 Å². The lowest BCUT2D eigenvalue weighted by molar-refractivity contribution is 0.0700. The Morgan fingerprint density at radius 1 is 1.29 bits per heavy atom. The summed E-state index contributed by atoms with van der Waals surface area (Å²) in [4.78, 5) is 35.2. The van der Waals surface area contributed by atoms with Crippen LogP contribution in [0.1, 0.15) is 38.6 Å². The van der Waals surface area contributed by atoms with Gasteiger partial charge in [-0.2, -0.15) is 0 Å². The Morgan fingerprint density at radius 2 is 2.04 bits per heavy atom. The zero-order valence-electron chi connectivity index (χ0n) is 16.0. The van der Waals surface area contributed by atoms with Crippen LogP contribution >= 0.6 is 22.7 Å². The minimum absolute atomic E-state index is 0.0493. The molecule has 0 saturated carbocycles. The van der Waals surface area contributed by atoms with Crippen LogP contribution < -0.4 is 10.2 Å². The number of nitrogens with zero attached hydrogens (tertiary/aromatic N) is 3. The van der Waals surface area contributed by atoms with Gasteiger partial charge in [-0.05, 0) is 31.9 Å². The summed E-state index contributed by atoms with van der Waals surface area (Å²) in [5.74, 6) is 0.226. The topological polar surface area (TPSA) is 78.7 Å². The third-order valence-corrected chi connectivity index (χ3v) is 7.17. The number of aromatic nitrogens is 1. The molecule has 3 aromatic rings. The molecule has 2 amide bonds. The number of fused-ring (bicyclic) bond motifs is 1. The molecule has 1 aliphatic heterocycles. The van der Waals surface area contributed by atoms with Crippen molar-refractivity contribution in [2.45, 2.75) is 25.8 Å². The molecule has 1 saturated heterocycles. The molecule has 0 aliphatic carbocycles. The van der Waals surface area contributed by atoms with Crippen LogP contribution in [0.2, 0.25) is 0 Å². The molecule has 148 valence electrons. The summed E-state index contributed by atoms with van der Waals surface area (Å²) in [5, 5.41) is 3.96. The van der Waals surface area contributed by atoms with Crippen LogP contribution in [-0.4, -0.2) is 54.9 Å². The summed E-state index contributed by atoms with van der Waals surface area (Å²) in [6.07, 6.45) is 2.99. The van der Waals surface area contributed by atoms with E-state index in [1.54, 1.807) is 17.4 Å². The molecule has 9 heteroatoms. The summed E-state index contributed by atoms with van der Waals surface area (Å²) in [6, 6.07) is 3.77. The third kappa shape index (κ3) is 3.64. The van der Waals surface area contributed by atoms with Gasteiger partial charge >= 0.3 is 0 Å². The zero-order valence-corrected chi connectivity index (χ0v) is 17.7. The van der Waals surface area contributed by atoms with E-state index in [2.05, 4.69) is 10.3 Å². The van der Waals surface area contributed by atoms with Gasteiger partial charge in [-0.1, -0.05) is 11.3 Å². The van der Waals surface area contributed by atoms with Crippen molar-refractivity contribution in [3.8, 4) is 0 Å². The van der Waals surface area contributed by atoms with Gasteiger partial charge in [0.05, 0.1) is 15.8 Å². The highest BCUT2D eigenvalue weighted by molar-refractivity contribution is 7.29. The van der Waals surface area contributed by atoms with Gasteiger partial charge in [-0.25, -0.2) is 4.98 Å². The highest BCUT2D eigenvalue weighted by atomic mass is 32.1. The fourth-order valence-electron chi connectivity index (χ4n) is 3.26. The van der Waals surface area contributed by atoms with Gasteiger partial charge in [0.15, 0.2) is 10.9 Å². The number of anilines is 1. The molecule has 0 bridgehead atoms. The molecule has 7 nitrogen and oxygen atoms in total. The summed E-state index contributed by atoms with van der Waals surface area (Å²) in [6.45, 7) is 3.10. The van der Waals surface area contributed by atoms with Crippen LogP contribution in [0.5, 0.6) is 0 Å². The van der Waals surface area contributed by atoms with Gasteiger partial charge in [0.1, 0.15) is 4.83 Å². The fraction of sp³-hybridized carbons (Fsp3) is 0.421. The van der Waals surface area contributed by atoms with Crippen LogP contribution in [0, 0.1) is 6.92 Å². The average molecular weight is 419 g/mol. The molecule has 0 aromatic carbocycles. The molecular weight excluding hydrogens is 396 g/mol. The number of thiophene rings is 1. The molecule has 1 N–H and O–H groups in total. The lowest BCUT2D eigenvalue weighted by Crippen LogP contribution is -2.46. The fourth-order valence-corrected chi connectivity index (χ4v) is 5.36. The van der Waals surface area contributed by atoms with Gasteiger partial charge in [0.2, 0.25) is 0 Å². The molecule has 3 aromatic heterocycles. The van der Waals surface area contributed by atoms with E-state index in [-0.39, 0.29) is 17.9 Å². The van der Waals surface area contributed by atoms with Gasteiger partial charge in [-0.15, -0.1) is 11.3 Å². The Labute approximate surface area is 171 Å². The first kappa shape index (κ1) is 18.9. The van der Waals surface area contributed by atoms with E-state index in [0.717, 1.165) is 37.9 Å². The van der Waals surface area contributed by atoms with Crippen molar-refractivity contribution in [1.29, 1.82) is 0 Å². The van der Waals surface area contributed by atoms with Crippen LogP contribution in [0.4, 0.5) is 5.13 Å². The van der Waals surface area contributed by atoms with Gasteiger partial charge in [0.25, 0.3) is 11.8 Å². The minimum atomic E-state index is -0.187. The zero-order chi connectivity index (χ0) is 19.8. The monoisotopic (exact) mass is 418 g/mol. The molecule has 1 aliphatic rings. The number of hydrogen-bond donors (Lipinski definition) is 1. The highest BCUT2D eigenvalue weighted by Crippen LogP contribution is 2.34. The predicted molar refractivity (Wildman–Crippen MR) is 112 cm³/mol. The maximum absolute atomic E-state index is 12.8. The minimum Gasteiger partial charge on any atom is -0.459 e. The molecule has 1 fully saturated rings. The van der Waals surface area contributed by atoms with Crippen molar-refractivity contribution < 1.29 is 14.0 Å². The number of amides is 2. The molecule has 4 rings (SSSR count). The largest absolute Gasteiger partial charge is 0.459 e. The number of piperidine rings is 1. The number of aryl methyl sites for hydroxylation is 1. The van der Waals surface area contributed by atoms with Crippen molar-refractivity contribution in [3.05, 3.63) is 34.6 Å². The number of rotatable bonds is 4. The van der Waals surface area contributed by atoms with Crippen LogP contribution in [0.25, 0.3) is 9.53 Å². The van der Waals surface area contributed by atoms with E-state index < -0.39 is 0 Å². The second kappa shape index (κ2) is 7.56. The Morgan fingerprint density at radius 3 is 2.64 bits per heavy atom. The molecule has 0 radical (unpaired) electrons. The number of carbonyl (C=O) groups excluding carboxylic acids is 2. The van der Waals surface area contributed by atoms with Gasteiger partial charge in [0, 0.05) is 38.8 Å². The van der Waals surface area contributed by atoms with Crippen molar-refractivity contribution in [2.75, 3.05) is 32.1 Å². The van der Waals surface area contributed by atoms with E-state index in [9.17, 15) is 9.59 Å². The molecular formula is C19H22N4O3S2. The molecule has 4 heterocycles. The number of nitrogens with one attached hydrogen (secondary N) is 1. The number of furan rings is 1. The van der Waals surface area contributed by atoms with Crippen LogP contribution in [0.3, 0.4) is 0 Å². The Hall–Kier alpha value is -2.39. The van der Waals surface area contributed by atoms with Gasteiger partial charge < -0.3 is 19.5 Å². The molecule has 28 heavy (non-hydrogen) atoms. The van der Waals surface area contributed by atoms with Crippen LogP contribution in [-0.2, 0) is 0 Å². The standard InChI is InChI=1S/C19H22N4O3S2/c1-11-6-9-26-15(11)16(24)20-12-4-7-23(8-5-12)18(25)14-10-13-17(27-14)21-19(28-13)22(2)3/h6,9-10,12H,4-5,7-8H2,1-3H3,(H,20,24). The normalized spacial score (nSPS) is 15.2. The Bertz CT molecular complexity index is 980. The predicted octanol–water partition coefficient (Wildman–Crippen LogP) is 3.36. The van der Waals surface area contributed by atoms with Gasteiger partial charge in [-0.3, -0.25) is 9.59 Å². The molecule has 0 unspecified atom stereocenters. The average Bonchev–Trinajstić information content (AvgIpc) is 3.35.